The third kappa shape index (κ3) is 2.42. The monoisotopic (exact) mass is 250 g/mol. The summed E-state index contributed by atoms with van der Waals surface area (Å²) < 4.78 is 0. The molecule has 5 unspecified atom stereocenters. The van der Waals surface area contributed by atoms with Crippen molar-refractivity contribution in [2.45, 2.75) is 51.5 Å². The average Bonchev–Trinajstić information content (AvgIpc) is 2.99. The molecule has 0 radical (unpaired) electrons. The lowest BCUT2D eigenvalue weighted by molar-refractivity contribution is -0.126. The van der Waals surface area contributed by atoms with Crippen LogP contribution in [0.15, 0.2) is 0 Å². The van der Waals surface area contributed by atoms with Gasteiger partial charge in [0.15, 0.2) is 0 Å². The summed E-state index contributed by atoms with van der Waals surface area (Å²) in [6.07, 6.45) is 7.70. The number of fused-ring (bicyclic) bond motifs is 2. The summed E-state index contributed by atoms with van der Waals surface area (Å²) in [6, 6.07) is 0.487. The fourth-order valence-electron chi connectivity index (χ4n) is 4.29. The summed E-state index contributed by atoms with van der Waals surface area (Å²) >= 11 is 0. The van der Waals surface area contributed by atoms with E-state index in [0.29, 0.717) is 29.7 Å². The van der Waals surface area contributed by atoms with Gasteiger partial charge in [0.1, 0.15) is 0 Å². The van der Waals surface area contributed by atoms with E-state index in [1.807, 2.05) is 0 Å². The second-order valence-electron chi connectivity index (χ2n) is 6.71. The summed E-state index contributed by atoms with van der Waals surface area (Å²) in [5, 5.41) is 6.74. The molecule has 18 heavy (non-hydrogen) atoms. The molecular weight excluding hydrogens is 224 g/mol. The van der Waals surface area contributed by atoms with Crippen LogP contribution in [0.1, 0.15) is 45.4 Å². The Balaban J connectivity index is 1.46. The molecule has 2 aliphatic carbocycles. The van der Waals surface area contributed by atoms with Crippen molar-refractivity contribution in [3.8, 4) is 0 Å². The number of piperidine rings is 1. The van der Waals surface area contributed by atoms with E-state index >= 15 is 0 Å². The van der Waals surface area contributed by atoms with Crippen LogP contribution >= 0.6 is 0 Å². The number of carbonyl (C=O) groups excluding carboxylic acids is 1. The first-order valence-corrected chi connectivity index (χ1v) is 7.75. The molecule has 1 amide bonds. The lowest BCUT2D eigenvalue weighted by Crippen LogP contribution is -2.49. The van der Waals surface area contributed by atoms with Crippen LogP contribution in [0.3, 0.4) is 0 Å². The van der Waals surface area contributed by atoms with E-state index in [4.69, 9.17) is 0 Å². The molecule has 0 aromatic carbocycles. The van der Waals surface area contributed by atoms with Gasteiger partial charge in [-0.15, -0.1) is 0 Å². The molecular formula is C15H26N2O. The maximum atomic E-state index is 12.2. The maximum Gasteiger partial charge on any atom is 0.223 e. The fourth-order valence-corrected chi connectivity index (χ4v) is 4.29. The van der Waals surface area contributed by atoms with Gasteiger partial charge in [0.25, 0.3) is 0 Å². The van der Waals surface area contributed by atoms with Crippen LogP contribution in [0.4, 0.5) is 0 Å². The number of amides is 1. The first kappa shape index (κ1) is 12.5. The normalized spacial score (nSPS) is 43.1. The van der Waals surface area contributed by atoms with Crippen LogP contribution in [0, 0.1) is 23.7 Å². The van der Waals surface area contributed by atoms with Crippen molar-refractivity contribution in [1.29, 1.82) is 0 Å². The van der Waals surface area contributed by atoms with E-state index in [9.17, 15) is 4.79 Å². The summed E-state index contributed by atoms with van der Waals surface area (Å²) in [6.45, 7) is 4.23. The number of hydrogen-bond acceptors (Lipinski definition) is 2. The van der Waals surface area contributed by atoms with Gasteiger partial charge in [-0.1, -0.05) is 13.3 Å². The minimum atomic E-state index is 0.335. The highest BCUT2D eigenvalue weighted by Gasteiger charge is 2.43. The van der Waals surface area contributed by atoms with Gasteiger partial charge in [0.05, 0.1) is 0 Å². The van der Waals surface area contributed by atoms with Gasteiger partial charge in [-0.25, -0.2) is 0 Å². The Morgan fingerprint density at radius 3 is 2.83 bits per heavy atom. The first-order chi connectivity index (χ1) is 8.74. The Kier molecular flexibility index (Phi) is 3.60. The highest BCUT2D eigenvalue weighted by atomic mass is 16.1. The minimum absolute atomic E-state index is 0.335. The fraction of sp³-hybridized carbons (Fsp3) is 0.933. The van der Waals surface area contributed by atoms with E-state index in [-0.39, 0.29) is 0 Å². The number of hydrogen-bond donors (Lipinski definition) is 2. The molecule has 3 fully saturated rings. The average molecular weight is 250 g/mol. The molecule has 3 heteroatoms. The smallest absolute Gasteiger partial charge is 0.223 e. The van der Waals surface area contributed by atoms with Crippen LogP contribution in [-0.4, -0.2) is 25.0 Å². The zero-order valence-corrected chi connectivity index (χ0v) is 11.5. The summed E-state index contributed by atoms with van der Waals surface area (Å²) in [7, 11) is 0. The second-order valence-corrected chi connectivity index (χ2v) is 6.71. The third-order valence-corrected chi connectivity index (χ3v) is 5.50. The highest BCUT2D eigenvalue weighted by Crippen LogP contribution is 2.48. The van der Waals surface area contributed by atoms with Crippen LogP contribution in [-0.2, 0) is 4.79 Å². The van der Waals surface area contributed by atoms with Crippen LogP contribution < -0.4 is 10.6 Å². The van der Waals surface area contributed by atoms with E-state index in [1.54, 1.807) is 0 Å². The molecule has 2 bridgehead atoms. The van der Waals surface area contributed by atoms with Crippen molar-refractivity contribution in [2.24, 2.45) is 23.7 Å². The van der Waals surface area contributed by atoms with Gasteiger partial charge in [0.2, 0.25) is 5.91 Å². The molecule has 0 spiro atoms. The summed E-state index contributed by atoms with van der Waals surface area (Å²) in [5.74, 6) is 2.92. The number of rotatable bonds is 3. The predicted octanol–water partition coefficient (Wildman–Crippen LogP) is 1.93. The first-order valence-electron chi connectivity index (χ1n) is 7.75. The predicted molar refractivity (Wildman–Crippen MR) is 72.1 cm³/mol. The van der Waals surface area contributed by atoms with Crippen molar-refractivity contribution >= 4 is 5.91 Å². The van der Waals surface area contributed by atoms with Crippen molar-refractivity contribution in [1.82, 2.24) is 10.6 Å². The maximum absolute atomic E-state index is 12.2. The minimum Gasteiger partial charge on any atom is -0.354 e. The lowest BCUT2D eigenvalue weighted by atomic mass is 9.87. The molecule has 0 aromatic rings. The van der Waals surface area contributed by atoms with Crippen molar-refractivity contribution in [2.75, 3.05) is 13.1 Å². The lowest BCUT2D eigenvalue weighted by Gasteiger charge is -2.31. The largest absolute Gasteiger partial charge is 0.354 e. The molecule has 5 atom stereocenters. The topological polar surface area (TPSA) is 41.1 Å². The quantitative estimate of drug-likeness (QED) is 0.803. The van der Waals surface area contributed by atoms with Crippen molar-refractivity contribution in [3.63, 3.8) is 0 Å². The van der Waals surface area contributed by atoms with Crippen LogP contribution in [0.5, 0.6) is 0 Å². The third-order valence-electron chi connectivity index (χ3n) is 5.50. The second kappa shape index (κ2) is 5.20. The molecule has 3 nitrogen and oxygen atoms in total. The van der Waals surface area contributed by atoms with Gasteiger partial charge in [-0.05, 0) is 56.4 Å². The standard InChI is InChI=1S/C15H26N2O/c1-10-3-2-6-16-14(10)9-17-15(18)13-8-11-4-5-12(13)7-11/h10-14,16H,2-9H2,1H3,(H,17,18). The van der Waals surface area contributed by atoms with E-state index < -0.39 is 0 Å². The summed E-state index contributed by atoms with van der Waals surface area (Å²) in [5.41, 5.74) is 0. The number of carbonyl (C=O) groups is 1. The zero-order valence-electron chi connectivity index (χ0n) is 11.5. The molecule has 2 saturated carbocycles. The Morgan fingerprint density at radius 2 is 2.17 bits per heavy atom. The Morgan fingerprint density at radius 1 is 1.28 bits per heavy atom. The Hall–Kier alpha value is -0.570. The van der Waals surface area contributed by atoms with Gasteiger partial charge in [-0.3, -0.25) is 4.79 Å². The molecule has 0 aromatic heterocycles. The van der Waals surface area contributed by atoms with Gasteiger partial charge >= 0.3 is 0 Å². The molecule has 3 rings (SSSR count). The van der Waals surface area contributed by atoms with Gasteiger partial charge in [0, 0.05) is 18.5 Å². The highest BCUT2D eigenvalue weighted by molar-refractivity contribution is 5.79. The molecule has 1 aliphatic heterocycles. The van der Waals surface area contributed by atoms with Crippen LogP contribution in [0.25, 0.3) is 0 Å². The van der Waals surface area contributed by atoms with Crippen molar-refractivity contribution in [3.05, 3.63) is 0 Å². The molecule has 1 saturated heterocycles. The molecule has 2 N–H and O–H groups in total. The Labute approximate surface area is 110 Å². The summed E-state index contributed by atoms with van der Waals surface area (Å²) in [4.78, 5) is 12.2. The molecule has 102 valence electrons. The van der Waals surface area contributed by atoms with Crippen molar-refractivity contribution < 1.29 is 4.79 Å². The van der Waals surface area contributed by atoms with E-state index in [1.165, 1.54) is 32.1 Å². The van der Waals surface area contributed by atoms with Gasteiger partial charge < -0.3 is 10.6 Å². The van der Waals surface area contributed by atoms with Crippen LogP contribution in [0.2, 0.25) is 0 Å². The number of nitrogens with one attached hydrogen (secondary N) is 2. The van der Waals surface area contributed by atoms with E-state index in [2.05, 4.69) is 17.6 Å². The van der Waals surface area contributed by atoms with E-state index in [0.717, 1.165) is 25.4 Å². The molecule has 1 heterocycles. The Bertz CT molecular complexity index is 318. The SMILES string of the molecule is CC1CCCNC1CNC(=O)C1CC2CCC1C2. The zero-order chi connectivity index (χ0) is 12.5. The molecule has 3 aliphatic rings. The van der Waals surface area contributed by atoms with Gasteiger partial charge in [-0.2, -0.15) is 0 Å².